The van der Waals surface area contributed by atoms with Crippen LogP contribution < -0.4 is 5.32 Å². The molecule has 0 amide bonds. The smallest absolute Gasteiger partial charge is 0.0601 e. The largest absolute Gasteiger partial charge is 0.318 e. The van der Waals surface area contributed by atoms with Gasteiger partial charge in [-0.15, -0.1) is 6.42 Å². The number of terminal acetylenes is 1. The SMILES string of the molecule is C#CCN(CC)C(CCC)CNC. The van der Waals surface area contributed by atoms with Crippen molar-refractivity contribution in [1.82, 2.24) is 10.2 Å². The van der Waals surface area contributed by atoms with Crippen LogP contribution in [0.1, 0.15) is 26.7 Å². The van der Waals surface area contributed by atoms with Crippen LogP contribution in [-0.4, -0.2) is 37.6 Å². The number of likely N-dealkylation sites (N-methyl/N-ethyl adjacent to an activating group) is 2. The Labute approximate surface area is 82.7 Å². The van der Waals surface area contributed by atoms with E-state index in [4.69, 9.17) is 6.42 Å². The summed E-state index contributed by atoms with van der Waals surface area (Å²) in [6.45, 7) is 7.21. The predicted octanol–water partition coefficient (Wildman–Crippen LogP) is 1.33. The summed E-state index contributed by atoms with van der Waals surface area (Å²) >= 11 is 0. The van der Waals surface area contributed by atoms with Crippen molar-refractivity contribution in [2.45, 2.75) is 32.7 Å². The molecule has 2 heteroatoms. The number of hydrogen-bond donors (Lipinski definition) is 1. The molecule has 0 aliphatic rings. The van der Waals surface area contributed by atoms with Crippen molar-refractivity contribution in [3.8, 4) is 12.3 Å². The van der Waals surface area contributed by atoms with Crippen molar-refractivity contribution in [3.05, 3.63) is 0 Å². The summed E-state index contributed by atoms with van der Waals surface area (Å²) in [5.74, 6) is 2.71. The van der Waals surface area contributed by atoms with Crippen LogP contribution in [0, 0.1) is 12.3 Å². The molecular formula is C11H22N2. The van der Waals surface area contributed by atoms with Crippen LogP contribution in [-0.2, 0) is 0 Å². The van der Waals surface area contributed by atoms with Crippen LogP contribution in [0.25, 0.3) is 0 Å². The normalized spacial score (nSPS) is 12.8. The first kappa shape index (κ1) is 12.5. The van der Waals surface area contributed by atoms with Crippen molar-refractivity contribution in [1.29, 1.82) is 0 Å². The molecule has 13 heavy (non-hydrogen) atoms. The summed E-state index contributed by atoms with van der Waals surface area (Å²) < 4.78 is 0. The zero-order valence-corrected chi connectivity index (χ0v) is 9.14. The van der Waals surface area contributed by atoms with Gasteiger partial charge in [-0.3, -0.25) is 4.90 Å². The van der Waals surface area contributed by atoms with E-state index < -0.39 is 0 Å². The third-order valence-corrected chi connectivity index (χ3v) is 2.28. The standard InChI is InChI=1S/C11H22N2/c1-5-8-11(10-12-4)13(7-3)9-6-2/h2,11-12H,5,7-10H2,1,3-4H3. The Bertz CT molecular complexity index is 143. The maximum Gasteiger partial charge on any atom is 0.0601 e. The zero-order valence-electron chi connectivity index (χ0n) is 9.14. The van der Waals surface area contributed by atoms with E-state index in [2.05, 4.69) is 30.0 Å². The lowest BCUT2D eigenvalue weighted by Gasteiger charge is -2.28. The second kappa shape index (κ2) is 8.10. The van der Waals surface area contributed by atoms with Crippen LogP contribution in [0.15, 0.2) is 0 Å². The summed E-state index contributed by atoms with van der Waals surface area (Å²) in [6.07, 6.45) is 7.76. The first-order valence-electron chi connectivity index (χ1n) is 5.12. The topological polar surface area (TPSA) is 15.3 Å². The third kappa shape index (κ3) is 4.92. The second-order valence-electron chi connectivity index (χ2n) is 3.27. The molecule has 0 aromatic rings. The van der Waals surface area contributed by atoms with Gasteiger partial charge in [0.05, 0.1) is 6.54 Å². The molecule has 76 valence electrons. The summed E-state index contributed by atoms with van der Waals surface area (Å²) in [5, 5.41) is 3.22. The highest BCUT2D eigenvalue weighted by atomic mass is 15.2. The van der Waals surface area contributed by atoms with Gasteiger partial charge in [0, 0.05) is 12.6 Å². The van der Waals surface area contributed by atoms with E-state index in [0.29, 0.717) is 6.04 Å². The highest BCUT2D eigenvalue weighted by Crippen LogP contribution is 2.05. The van der Waals surface area contributed by atoms with Crippen molar-refractivity contribution < 1.29 is 0 Å². The molecule has 0 fully saturated rings. The highest BCUT2D eigenvalue weighted by Gasteiger charge is 2.13. The van der Waals surface area contributed by atoms with E-state index in [1.807, 2.05) is 7.05 Å². The quantitative estimate of drug-likeness (QED) is 0.598. The van der Waals surface area contributed by atoms with Gasteiger partial charge in [0.25, 0.3) is 0 Å². The van der Waals surface area contributed by atoms with E-state index in [1.165, 1.54) is 12.8 Å². The number of nitrogens with zero attached hydrogens (tertiary/aromatic N) is 1. The summed E-state index contributed by atoms with van der Waals surface area (Å²) in [6, 6.07) is 0.594. The molecule has 0 spiro atoms. The molecule has 0 saturated carbocycles. The summed E-state index contributed by atoms with van der Waals surface area (Å²) in [7, 11) is 1.99. The molecule has 1 N–H and O–H groups in total. The predicted molar refractivity (Wildman–Crippen MR) is 58.7 cm³/mol. The summed E-state index contributed by atoms with van der Waals surface area (Å²) in [4.78, 5) is 2.35. The zero-order chi connectivity index (χ0) is 10.1. The fourth-order valence-corrected chi connectivity index (χ4v) is 1.60. The maximum atomic E-state index is 5.32. The van der Waals surface area contributed by atoms with Gasteiger partial charge in [0.15, 0.2) is 0 Å². The minimum atomic E-state index is 0.594. The molecule has 1 atom stereocenters. The molecular weight excluding hydrogens is 160 g/mol. The minimum Gasteiger partial charge on any atom is -0.318 e. The van der Waals surface area contributed by atoms with Crippen molar-refractivity contribution >= 4 is 0 Å². The van der Waals surface area contributed by atoms with Crippen LogP contribution in [0.2, 0.25) is 0 Å². The monoisotopic (exact) mass is 182 g/mol. The Morgan fingerprint density at radius 1 is 1.46 bits per heavy atom. The van der Waals surface area contributed by atoms with Gasteiger partial charge in [0.1, 0.15) is 0 Å². The third-order valence-electron chi connectivity index (χ3n) is 2.28. The van der Waals surface area contributed by atoms with Crippen LogP contribution in [0.3, 0.4) is 0 Å². The van der Waals surface area contributed by atoms with Crippen molar-refractivity contribution in [2.24, 2.45) is 0 Å². The fraction of sp³-hybridized carbons (Fsp3) is 0.818. The Morgan fingerprint density at radius 3 is 2.54 bits per heavy atom. The lowest BCUT2D eigenvalue weighted by molar-refractivity contribution is 0.216. The molecule has 0 aromatic carbocycles. The van der Waals surface area contributed by atoms with Crippen LogP contribution in [0.4, 0.5) is 0 Å². The molecule has 0 radical (unpaired) electrons. The van der Waals surface area contributed by atoms with E-state index in [1.54, 1.807) is 0 Å². The number of hydrogen-bond acceptors (Lipinski definition) is 2. The van der Waals surface area contributed by atoms with Crippen LogP contribution >= 0.6 is 0 Å². The first-order chi connectivity index (χ1) is 6.29. The fourth-order valence-electron chi connectivity index (χ4n) is 1.60. The van der Waals surface area contributed by atoms with E-state index in [-0.39, 0.29) is 0 Å². The molecule has 0 rings (SSSR count). The van der Waals surface area contributed by atoms with Gasteiger partial charge in [-0.25, -0.2) is 0 Å². The van der Waals surface area contributed by atoms with E-state index in [9.17, 15) is 0 Å². The number of nitrogens with one attached hydrogen (secondary N) is 1. The van der Waals surface area contributed by atoms with Gasteiger partial charge in [0.2, 0.25) is 0 Å². The molecule has 0 aliphatic carbocycles. The Kier molecular flexibility index (Phi) is 7.77. The average molecular weight is 182 g/mol. The molecule has 0 aliphatic heterocycles. The van der Waals surface area contributed by atoms with Gasteiger partial charge < -0.3 is 5.32 Å². The maximum absolute atomic E-state index is 5.32. The molecule has 0 heterocycles. The minimum absolute atomic E-state index is 0.594. The number of rotatable bonds is 7. The Morgan fingerprint density at radius 2 is 2.15 bits per heavy atom. The van der Waals surface area contributed by atoms with Gasteiger partial charge >= 0.3 is 0 Å². The summed E-state index contributed by atoms with van der Waals surface area (Å²) in [5.41, 5.74) is 0. The van der Waals surface area contributed by atoms with E-state index in [0.717, 1.165) is 19.6 Å². The van der Waals surface area contributed by atoms with Crippen molar-refractivity contribution in [3.63, 3.8) is 0 Å². The molecule has 0 aromatic heterocycles. The first-order valence-corrected chi connectivity index (χ1v) is 5.12. The highest BCUT2D eigenvalue weighted by molar-refractivity contribution is 4.90. The molecule has 1 unspecified atom stereocenters. The second-order valence-corrected chi connectivity index (χ2v) is 3.27. The van der Waals surface area contributed by atoms with Crippen molar-refractivity contribution in [2.75, 3.05) is 26.7 Å². The van der Waals surface area contributed by atoms with Crippen LogP contribution in [0.5, 0.6) is 0 Å². The van der Waals surface area contributed by atoms with Gasteiger partial charge in [-0.2, -0.15) is 0 Å². The Balaban J connectivity index is 4.04. The van der Waals surface area contributed by atoms with Gasteiger partial charge in [-0.05, 0) is 20.0 Å². The Hall–Kier alpha value is -0.520. The lowest BCUT2D eigenvalue weighted by atomic mass is 10.1. The average Bonchev–Trinajstić information content (AvgIpc) is 2.14. The molecule has 0 saturated heterocycles. The molecule has 0 bridgehead atoms. The molecule has 2 nitrogen and oxygen atoms in total. The van der Waals surface area contributed by atoms with E-state index >= 15 is 0 Å². The van der Waals surface area contributed by atoms with Gasteiger partial charge in [-0.1, -0.05) is 26.2 Å². The lowest BCUT2D eigenvalue weighted by Crippen LogP contribution is -2.41.